The van der Waals surface area contributed by atoms with Crippen LogP contribution in [0.25, 0.3) is 11.3 Å². The van der Waals surface area contributed by atoms with Gasteiger partial charge in [0, 0.05) is 12.6 Å². The van der Waals surface area contributed by atoms with E-state index in [0.29, 0.717) is 17.5 Å². The molecule has 0 amide bonds. The fraction of sp³-hybridized carbons (Fsp3) is 0.471. The highest BCUT2D eigenvalue weighted by atomic mass is 16.3. The molecule has 1 aromatic heterocycles. The van der Waals surface area contributed by atoms with Gasteiger partial charge in [-0.25, -0.2) is 0 Å². The van der Waals surface area contributed by atoms with E-state index < -0.39 is 0 Å². The van der Waals surface area contributed by atoms with Crippen molar-refractivity contribution in [1.29, 1.82) is 0 Å². The summed E-state index contributed by atoms with van der Waals surface area (Å²) >= 11 is 0. The first-order valence-electron chi connectivity index (χ1n) is 7.19. The van der Waals surface area contributed by atoms with Gasteiger partial charge in [-0.05, 0) is 42.0 Å². The monoisotopic (exact) mass is 272 g/mol. The molecule has 20 heavy (non-hydrogen) atoms. The van der Waals surface area contributed by atoms with Crippen LogP contribution in [-0.4, -0.2) is 14.9 Å². The maximum atomic E-state index is 10.2. The first-order valence-corrected chi connectivity index (χ1v) is 7.19. The minimum absolute atomic E-state index is 0.281. The molecule has 1 aromatic carbocycles. The van der Waals surface area contributed by atoms with Crippen molar-refractivity contribution in [3.63, 3.8) is 0 Å². The summed E-state index contributed by atoms with van der Waals surface area (Å²) in [5, 5.41) is 14.7. The highest BCUT2D eigenvalue weighted by molar-refractivity contribution is 5.68. The second-order valence-electron chi connectivity index (χ2n) is 6.10. The van der Waals surface area contributed by atoms with E-state index >= 15 is 0 Å². The van der Waals surface area contributed by atoms with Gasteiger partial charge in [-0.1, -0.05) is 33.8 Å². The van der Waals surface area contributed by atoms with Crippen LogP contribution >= 0.6 is 0 Å². The Balaban J connectivity index is 2.63. The first-order chi connectivity index (χ1) is 9.31. The molecule has 0 aliphatic carbocycles. The van der Waals surface area contributed by atoms with E-state index in [1.165, 1.54) is 11.1 Å². The maximum Gasteiger partial charge on any atom is 0.164 e. The molecule has 1 N–H and O–H groups in total. The number of nitrogens with zero attached hydrogens (tertiary/aromatic N) is 2. The molecule has 0 aliphatic rings. The molecule has 0 radical (unpaired) electrons. The van der Waals surface area contributed by atoms with E-state index in [2.05, 4.69) is 51.0 Å². The zero-order valence-corrected chi connectivity index (χ0v) is 13.2. The zero-order chi connectivity index (χ0) is 15.0. The molecule has 2 rings (SSSR count). The van der Waals surface area contributed by atoms with E-state index in [9.17, 15) is 5.11 Å². The second kappa shape index (κ2) is 5.31. The summed E-state index contributed by atoms with van der Waals surface area (Å²) < 4.78 is 1.72. The Morgan fingerprint density at radius 1 is 1.00 bits per heavy atom. The van der Waals surface area contributed by atoms with E-state index in [1.807, 2.05) is 14.0 Å². The van der Waals surface area contributed by atoms with Gasteiger partial charge in [-0.15, -0.1) is 0 Å². The van der Waals surface area contributed by atoms with Crippen molar-refractivity contribution < 1.29 is 5.11 Å². The molecule has 3 heteroatoms. The van der Waals surface area contributed by atoms with E-state index in [0.717, 1.165) is 11.3 Å². The van der Waals surface area contributed by atoms with Gasteiger partial charge in [0.05, 0.1) is 5.69 Å². The molecule has 0 saturated carbocycles. The molecule has 108 valence electrons. The van der Waals surface area contributed by atoms with Gasteiger partial charge in [-0.2, -0.15) is 5.10 Å². The summed E-state index contributed by atoms with van der Waals surface area (Å²) in [4.78, 5) is 0. The number of benzene rings is 1. The number of hydrogen-bond donors (Lipinski definition) is 1. The fourth-order valence-electron chi connectivity index (χ4n) is 2.27. The van der Waals surface area contributed by atoms with Crippen LogP contribution in [0.5, 0.6) is 5.75 Å². The summed E-state index contributed by atoms with van der Waals surface area (Å²) in [6.45, 7) is 10.6. The fourth-order valence-corrected chi connectivity index (χ4v) is 2.27. The van der Waals surface area contributed by atoms with Crippen molar-refractivity contribution in [1.82, 2.24) is 9.78 Å². The second-order valence-corrected chi connectivity index (χ2v) is 6.10. The molecule has 2 aromatic rings. The third kappa shape index (κ3) is 2.58. The largest absolute Gasteiger partial charge is 0.504 e. The SMILES string of the molecule is Cc1c(O)c(-c2cc(C(C)C)cc(C(C)C)c2)nn1C. The van der Waals surface area contributed by atoms with Crippen molar-refractivity contribution in [3.05, 3.63) is 35.0 Å². The molecule has 0 bridgehead atoms. The Kier molecular flexibility index (Phi) is 3.89. The number of hydrogen-bond acceptors (Lipinski definition) is 2. The molecule has 3 nitrogen and oxygen atoms in total. The normalized spacial score (nSPS) is 11.6. The topological polar surface area (TPSA) is 38.1 Å². The van der Waals surface area contributed by atoms with Crippen LogP contribution in [0.2, 0.25) is 0 Å². The van der Waals surface area contributed by atoms with Crippen molar-refractivity contribution in [2.24, 2.45) is 7.05 Å². The standard InChI is InChI=1S/C17H24N2O/c1-10(2)13-7-14(11(3)4)9-15(8-13)16-17(20)12(5)19(6)18-16/h7-11,20H,1-6H3. The maximum absolute atomic E-state index is 10.2. The number of aryl methyl sites for hydroxylation is 1. The smallest absolute Gasteiger partial charge is 0.164 e. The lowest BCUT2D eigenvalue weighted by molar-refractivity contribution is 0.471. The first kappa shape index (κ1) is 14.6. The summed E-state index contributed by atoms with van der Waals surface area (Å²) in [5.74, 6) is 1.20. The summed E-state index contributed by atoms with van der Waals surface area (Å²) in [5.41, 5.74) is 5.04. The molecule has 0 spiro atoms. The molecular weight excluding hydrogens is 248 g/mol. The minimum atomic E-state index is 0.281. The lowest BCUT2D eigenvalue weighted by Gasteiger charge is -2.13. The minimum Gasteiger partial charge on any atom is -0.504 e. The highest BCUT2D eigenvalue weighted by Crippen LogP contribution is 2.34. The van der Waals surface area contributed by atoms with Gasteiger partial charge in [0.2, 0.25) is 0 Å². The summed E-state index contributed by atoms with van der Waals surface area (Å²) in [6.07, 6.45) is 0. The number of rotatable bonds is 3. The van der Waals surface area contributed by atoms with Gasteiger partial charge in [0.1, 0.15) is 5.69 Å². The lowest BCUT2D eigenvalue weighted by atomic mass is 9.92. The van der Waals surface area contributed by atoms with Crippen molar-refractivity contribution in [2.75, 3.05) is 0 Å². The van der Waals surface area contributed by atoms with Gasteiger partial charge >= 0.3 is 0 Å². The third-order valence-electron chi connectivity index (χ3n) is 3.89. The van der Waals surface area contributed by atoms with Crippen molar-refractivity contribution in [3.8, 4) is 17.0 Å². The van der Waals surface area contributed by atoms with Crippen molar-refractivity contribution >= 4 is 0 Å². The van der Waals surface area contributed by atoms with Crippen LogP contribution in [-0.2, 0) is 7.05 Å². The zero-order valence-electron chi connectivity index (χ0n) is 13.2. The van der Waals surface area contributed by atoms with Crippen molar-refractivity contribution in [2.45, 2.75) is 46.5 Å². The van der Waals surface area contributed by atoms with Gasteiger partial charge in [-0.3, -0.25) is 4.68 Å². The molecule has 0 unspecified atom stereocenters. The van der Waals surface area contributed by atoms with Gasteiger partial charge < -0.3 is 5.11 Å². The molecule has 0 saturated heterocycles. The van der Waals surface area contributed by atoms with E-state index in [1.54, 1.807) is 4.68 Å². The van der Waals surface area contributed by atoms with Crippen LogP contribution in [0, 0.1) is 6.92 Å². The molecule has 0 aliphatic heterocycles. The quantitative estimate of drug-likeness (QED) is 0.902. The molecular formula is C17H24N2O. The van der Waals surface area contributed by atoms with E-state index in [4.69, 9.17) is 0 Å². The lowest BCUT2D eigenvalue weighted by Crippen LogP contribution is -1.96. The predicted octanol–water partition coefficient (Wildman–Crippen LogP) is 4.35. The Hall–Kier alpha value is -1.77. The molecule has 0 fully saturated rings. The highest BCUT2D eigenvalue weighted by Gasteiger charge is 2.16. The third-order valence-corrected chi connectivity index (χ3v) is 3.89. The summed E-state index contributed by atoms with van der Waals surface area (Å²) in [6, 6.07) is 6.53. The number of aromatic nitrogens is 2. The van der Waals surface area contributed by atoms with Crippen LogP contribution in [0.1, 0.15) is 56.4 Å². The average molecular weight is 272 g/mol. The Morgan fingerprint density at radius 2 is 1.50 bits per heavy atom. The molecule has 0 atom stereocenters. The Bertz CT molecular complexity index is 598. The van der Waals surface area contributed by atoms with Crippen LogP contribution < -0.4 is 0 Å². The van der Waals surface area contributed by atoms with E-state index in [-0.39, 0.29) is 5.75 Å². The predicted molar refractivity (Wildman–Crippen MR) is 83.2 cm³/mol. The van der Waals surface area contributed by atoms with Crippen LogP contribution in [0.4, 0.5) is 0 Å². The average Bonchev–Trinajstić information content (AvgIpc) is 2.66. The van der Waals surface area contributed by atoms with Crippen LogP contribution in [0.3, 0.4) is 0 Å². The van der Waals surface area contributed by atoms with Gasteiger partial charge in [0.15, 0.2) is 5.75 Å². The molecule has 1 heterocycles. The van der Waals surface area contributed by atoms with Gasteiger partial charge in [0.25, 0.3) is 0 Å². The summed E-state index contributed by atoms with van der Waals surface area (Å²) in [7, 11) is 1.86. The Labute approximate surface area is 121 Å². The van der Waals surface area contributed by atoms with Crippen LogP contribution in [0.15, 0.2) is 18.2 Å². The number of aromatic hydroxyl groups is 1. The Morgan fingerprint density at radius 3 is 1.85 bits per heavy atom.